The van der Waals surface area contributed by atoms with Crippen LogP contribution in [0.2, 0.25) is 5.02 Å². The Morgan fingerprint density at radius 3 is 2.45 bits per heavy atom. The van der Waals surface area contributed by atoms with Crippen molar-refractivity contribution in [1.29, 1.82) is 0 Å². The normalized spacial score (nSPS) is 15.0. The molecule has 29 heavy (non-hydrogen) atoms. The van der Waals surface area contributed by atoms with E-state index in [0.29, 0.717) is 16.6 Å². The molecule has 1 aliphatic rings. The van der Waals surface area contributed by atoms with Gasteiger partial charge in [0.1, 0.15) is 17.3 Å². The van der Waals surface area contributed by atoms with E-state index in [2.05, 4.69) is 20.9 Å². The van der Waals surface area contributed by atoms with Crippen LogP contribution in [0.25, 0.3) is 6.08 Å². The summed E-state index contributed by atoms with van der Waals surface area (Å²) in [4.78, 5) is 19.5. The summed E-state index contributed by atoms with van der Waals surface area (Å²) >= 11 is 9.47. The molecule has 0 aliphatic carbocycles. The van der Waals surface area contributed by atoms with E-state index in [4.69, 9.17) is 16.3 Å². The molecular formula is C23H16BrClN2O2. The number of carbonyl (C=O) groups is 1. The van der Waals surface area contributed by atoms with Crippen LogP contribution in [0, 0.1) is 0 Å². The standard InChI is InChI=1S/C23H16BrClN2O2/c1-29-20-4-2-3-15(13-20)14-21-23(28)27(19-11-7-17(24)8-12-19)22(26-21)16-5-9-18(25)10-6-16/h2-14H,1H3/b21-14+. The number of hydrogen-bond acceptors (Lipinski definition) is 3. The summed E-state index contributed by atoms with van der Waals surface area (Å²) in [6.07, 6.45) is 1.76. The minimum Gasteiger partial charge on any atom is -0.497 e. The number of methoxy groups -OCH3 is 1. The second-order valence-corrected chi connectivity index (χ2v) is 7.72. The van der Waals surface area contributed by atoms with Crippen molar-refractivity contribution < 1.29 is 9.53 Å². The van der Waals surface area contributed by atoms with Gasteiger partial charge in [-0.15, -0.1) is 0 Å². The summed E-state index contributed by atoms with van der Waals surface area (Å²) in [5.74, 6) is 1.08. The number of ether oxygens (including phenoxy) is 1. The lowest BCUT2D eigenvalue weighted by Crippen LogP contribution is -2.32. The van der Waals surface area contributed by atoms with Crippen molar-refractivity contribution in [3.05, 3.63) is 99.1 Å². The smallest absolute Gasteiger partial charge is 0.282 e. The van der Waals surface area contributed by atoms with E-state index < -0.39 is 0 Å². The van der Waals surface area contributed by atoms with Gasteiger partial charge in [0.2, 0.25) is 0 Å². The second kappa shape index (κ2) is 8.23. The first kappa shape index (κ1) is 19.4. The van der Waals surface area contributed by atoms with Gasteiger partial charge in [-0.3, -0.25) is 9.69 Å². The predicted octanol–water partition coefficient (Wildman–Crippen LogP) is 5.95. The zero-order valence-corrected chi connectivity index (χ0v) is 17.8. The molecule has 4 rings (SSSR count). The molecule has 0 radical (unpaired) electrons. The summed E-state index contributed by atoms with van der Waals surface area (Å²) in [5, 5.41) is 0.626. The Kier molecular flexibility index (Phi) is 5.51. The molecule has 0 bridgehead atoms. The largest absolute Gasteiger partial charge is 0.497 e. The Balaban J connectivity index is 1.81. The molecule has 0 aromatic heterocycles. The lowest BCUT2D eigenvalue weighted by Gasteiger charge is -2.18. The molecule has 0 spiro atoms. The number of anilines is 1. The average molecular weight is 468 g/mol. The van der Waals surface area contributed by atoms with Gasteiger partial charge in [-0.25, -0.2) is 4.99 Å². The number of hydrogen-bond donors (Lipinski definition) is 0. The molecular weight excluding hydrogens is 452 g/mol. The van der Waals surface area contributed by atoms with Gasteiger partial charge in [-0.2, -0.15) is 0 Å². The first-order chi connectivity index (χ1) is 14.0. The van der Waals surface area contributed by atoms with Crippen molar-refractivity contribution >= 4 is 51.0 Å². The van der Waals surface area contributed by atoms with E-state index in [1.165, 1.54) is 0 Å². The topological polar surface area (TPSA) is 41.9 Å². The molecule has 0 unspecified atom stereocenters. The summed E-state index contributed by atoms with van der Waals surface area (Å²) in [6.45, 7) is 0. The van der Waals surface area contributed by atoms with Crippen LogP contribution in [0.15, 0.2) is 88.0 Å². The van der Waals surface area contributed by atoms with Crippen LogP contribution in [0.5, 0.6) is 5.75 Å². The molecule has 6 heteroatoms. The number of benzene rings is 3. The van der Waals surface area contributed by atoms with Crippen LogP contribution in [0.4, 0.5) is 5.69 Å². The fourth-order valence-electron chi connectivity index (χ4n) is 3.03. The second-order valence-electron chi connectivity index (χ2n) is 6.37. The molecule has 0 N–H and O–H groups in total. The zero-order valence-electron chi connectivity index (χ0n) is 15.5. The molecule has 0 saturated heterocycles. The molecule has 0 fully saturated rings. The number of carbonyl (C=O) groups excluding carboxylic acids is 1. The van der Waals surface area contributed by atoms with Gasteiger partial charge in [-0.05, 0) is 72.3 Å². The number of aliphatic imine (C=N–C) groups is 1. The van der Waals surface area contributed by atoms with Gasteiger partial charge in [0.15, 0.2) is 0 Å². The SMILES string of the molecule is COc1cccc(/C=C2/N=C(c3ccc(Cl)cc3)N(c3ccc(Br)cc3)C2=O)c1. The Morgan fingerprint density at radius 1 is 1.03 bits per heavy atom. The van der Waals surface area contributed by atoms with Gasteiger partial charge in [0, 0.05) is 15.1 Å². The van der Waals surface area contributed by atoms with E-state index in [0.717, 1.165) is 27.0 Å². The van der Waals surface area contributed by atoms with Crippen LogP contribution in [-0.2, 0) is 4.79 Å². The third-order valence-corrected chi connectivity index (χ3v) is 5.23. The van der Waals surface area contributed by atoms with Crippen LogP contribution >= 0.6 is 27.5 Å². The van der Waals surface area contributed by atoms with Crippen molar-refractivity contribution in [3.63, 3.8) is 0 Å². The Bertz CT molecular complexity index is 1120. The van der Waals surface area contributed by atoms with E-state index >= 15 is 0 Å². The van der Waals surface area contributed by atoms with E-state index in [1.54, 1.807) is 30.2 Å². The minimum atomic E-state index is -0.194. The molecule has 144 valence electrons. The number of halogens is 2. The first-order valence-electron chi connectivity index (χ1n) is 8.85. The maximum Gasteiger partial charge on any atom is 0.282 e. The van der Waals surface area contributed by atoms with Crippen molar-refractivity contribution in [1.82, 2.24) is 0 Å². The van der Waals surface area contributed by atoms with Crippen LogP contribution < -0.4 is 9.64 Å². The van der Waals surface area contributed by atoms with E-state index in [9.17, 15) is 4.79 Å². The molecule has 1 heterocycles. The summed E-state index contributed by atoms with van der Waals surface area (Å²) in [7, 11) is 1.61. The lowest BCUT2D eigenvalue weighted by molar-refractivity contribution is -0.113. The number of amides is 1. The zero-order chi connectivity index (χ0) is 20.4. The van der Waals surface area contributed by atoms with Crippen molar-refractivity contribution in [2.45, 2.75) is 0 Å². The number of nitrogens with zero attached hydrogens (tertiary/aromatic N) is 2. The van der Waals surface area contributed by atoms with Crippen molar-refractivity contribution in [3.8, 4) is 5.75 Å². The highest BCUT2D eigenvalue weighted by Gasteiger charge is 2.32. The van der Waals surface area contributed by atoms with Gasteiger partial charge >= 0.3 is 0 Å². The lowest BCUT2D eigenvalue weighted by atomic mass is 10.1. The monoisotopic (exact) mass is 466 g/mol. The molecule has 0 atom stereocenters. The Labute approximate surface area is 182 Å². The minimum absolute atomic E-state index is 0.194. The van der Waals surface area contributed by atoms with E-state index in [1.807, 2.05) is 60.7 Å². The Morgan fingerprint density at radius 2 is 1.76 bits per heavy atom. The summed E-state index contributed by atoms with van der Waals surface area (Å²) < 4.78 is 6.21. The van der Waals surface area contributed by atoms with Crippen LogP contribution in [-0.4, -0.2) is 18.9 Å². The first-order valence-corrected chi connectivity index (χ1v) is 10.0. The van der Waals surface area contributed by atoms with Gasteiger partial charge < -0.3 is 4.74 Å². The van der Waals surface area contributed by atoms with E-state index in [-0.39, 0.29) is 5.91 Å². The number of amidine groups is 1. The highest BCUT2D eigenvalue weighted by Crippen LogP contribution is 2.29. The molecule has 3 aromatic rings. The third-order valence-electron chi connectivity index (χ3n) is 4.44. The molecule has 3 aromatic carbocycles. The van der Waals surface area contributed by atoms with Gasteiger partial charge in [0.25, 0.3) is 5.91 Å². The molecule has 4 nitrogen and oxygen atoms in total. The highest BCUT2D eigenvalue weighted by atomic mass is 79.9. The highest BCUT2D eigenvalue weighted by molar-refractivity contribution is 9.10. The van der Waals surface area contributed by atoms with Gasteiger partial charge in [-0.1, -0.05) is 39.7 Å². The van der Waals surface area contributed by atoms with Crippen molar-refractivity contribution in [2.24, 2.45) is 4.99 Å². The fraction of sp³-hybridized carbons (Fsp3) is 0.0435. The molecule has 0 saturated carbocycles. The van der Waals surface area contributed by atoms with Crippen molar-refractivity contribution in [2.75, 3.05) is 12.0 Å². The number of rotatable bonds is 4. The Hall–Kier alpha value is -2.89. The maximum atomic E-state index is 13.3. The predicted molar refractivity (Wildman–Crippen MR) is 121 cm³/mol. The average Bonchev–Trinajstić information content (AvgIpc) is 3.05. The summed E-state index contributed by atoms with van der Waals surface area (Å²) in [6, 6.07) is 22.3. The quantitative estimate of drug-likeness (QED) is 0.445. The van der Waals surface area contributed by atoms with Gasteiger partial charge in [0.05, 0.1) is 12.8 Å². The maximum absolute atomic E-state index is 13.3. The molecule has 1 aliphatic heterocycles. The van der Waals surface area contributed by atoms with Crippen LogP contribution in [0.3, 0.4) is 0 Å². The third kappa shape index (κ3) is 4.11. The summed E-state index contributed by atoms with van der Waals surface area (Å²) in [5.41, 5.74) is 2.73. The van der Waals surface area contributed by atoms with Crippen LogP contribution in [0.1, 0.15) is 11.1 Å². The fourth-order valence-corrected chi connectivity index (χ4v) is 3.42. The molecule has 1 amide bonds.